The van der Waals surface area contributed by atoms with Crippen molar-refractivity contribution in [3.05, 3.63) is 90.6 Å². The van der Waals surface area contributed by atoms with Crippen molar-refractivity contribution >= 4 is 39.1 Å². The molecule has 3 aromatic heterocycles. The third-order valence-corrected chi connectivity index (χ3v) is 6.62. The Kier molecular flexibility index (Phi) is 5.77. The molecule has 0 radical (unpaired) electrons. The van der Waals surface area contributed by atoms with Crippen molar-refractivity contribution in [2.75, 3.05) is 7.11 Å². The van der Waals surface area contributed by atoms with Crippen LogP contribution in [-0.2, 0) is 6.61 Å². The Labute approximate surface area is 206 Å². The van der Waals surface area contributed by atoms with E-state index in [-0.39, 0.29) is 33.9 Å². The van der Waals surface area contributed by atoms with Crippen LogP contribution in [0, 0.1) is 12.7 Å². The molecule has 11 heteroatoms. The Morgan fingerprint density at radius 3 is 2.75 bits per heavy atom. The Morgan fingerprint density at radius 2 is 2.00 bits per heavy atom. The number of carboxylic acid groups (broad SMARTS) is 1. The number of fused-ring (bicyclic) bond motifs is 2. The summed E-state index contributed by atoms with van der Waals surface area (Å²) in [6, 6.07) is 11.6. The van der Waals surface area contributed by atoms with Crippen LogP contribution in [0.15, 0.2) is 57.4 Å². The zero-order valence-corrected chi connectivity index (χ0v) is 19.8. The number of hydrogen-bond donors (Lipinski definition) is 2. The van der Waals surface area contributed by atoms with E-state index in [4.69, 9.17) is 9.47 Å². The number of aromatic amines is 1. The van der Waals surface area contributed by atoms with Gasteiger partial charge in [-0.15, -0.1) is 11.3 Å². The van der Waals surface area contributed by atoms with Gasteiger partial charge in [-0.05, 0) is 13.0 Å². The number of aromatic carboxylic acids is 1. The van der Waals surface area contributed by atoms with E-state index in [1.807, 2.05) is 37.3 Å². The second-order valence-corrected chi connectivity index (χ2v) is 8.79. The number of carboxylic acids is 1. The van der Waals surface area contributed by atoms with Gasteiger partial charge in [-0.2, -0.15) is 0 Å². The third kappa shape index (κ3) is 3.89. The van der Waals surface area contributed by atoms with Crippen molar-refractivity contribution in [3.63, 3.8) is 0 Å². The van der Waals surface area contributed by atoms with Gasteiger partial charge < -0.3 is 19.6 Å². The number of benzene rings is 2. The van der Waals surface area contributed by atoms with Crippen LogP contribution in [0.3, 0.4) is 0 Å². The highest BCUT2D eigenvalue weighted by atomic mass is 32.1. The van der Waals surface area contributed by atoms with Gasteiger partial charge in [0.2, 0.25) is 0 Å². The predicted molar refractivity (Wildman–Crippen MR) is 132 cm³/mol. The number of H-pyrrole nitrogens is 1. The number of para-hydroxylation sites is 1. The lowest BCUT2D eigenvalue weighted by molar-refractivity contribution is 0.0704. The summed E-state index contributed by atoms with van der Waals surface area (Å²) in [6.45, 7) is 1.93. The van der Waals surface area contributed by atoms with Crippen LogP contribution in [0.2, 0.25) is 0 Å². The van der Waals surface area contributed by atoms with Crippen molar-refractivity contribution in [2.45, 2.75) is 13.5 Å². The molecule has 3 heterocycles. The molecule has 0 aliphatic heterocycles. The van der Waals surface area contributed by atoms with Crippen LogP contribution >= 0.6 is 11.3 Å². The smallest absolute Gasteiger partial charge is 0.346 e. The Bertz CT molecular complexity index is 1790. The molecule has 0 bridgehead atoms. The minimum atomic E-state index is -1.33. The molecule has 0 aliphatic carbocycles. The normalized spacial score (nSPS) is 11.2. The van der Waals surface area contributed by atoms with E-state index in [0.29, 0.717) is 4.57 Å². The van der Waals surface area contributed by atoms with Gasteiger partial charge in [0.25, 0.3) is 5.56 Å². The lowest BCUT2D eigenvalue weighted by Gasteiger charge is -2.15. The average Bonchev–Trinajstić information content (AvgIpc) is 3.28. The monoisotopic (exact) mass is 507 g/mol. The van der Waals surface area contributed by atoms with Gasteiger partial charge in [-0.1, -0.05) is 24.3 Å². The first kappa shape index (κ1) is 23.2. The van der Waals surface area contributed by atoms with E-state index in [9.17, 15) is 19.5 Å². The van der Waals surface area contributed by atoms with Gasteiger partial charge in [-0.3, -0.25) is 9.78 Å². The molecule has 5 aromatic rings. The van der Waals surface area contributed by atoms with Gasteiger partial charge in [-0.25, -0.2) is 18.5 Å². The minimum absolute atomic E-state index is 0.0488. The fraction of sp³-hybridized carbons (Fsp3) is 0.120. The number of methoxy groups -OCH3 is 1. The molecular weight excluding hydrogens is 489 g/mol. The number of hydrogen-bond acceptors (Lipinski definition) is 7. The zero-order valence-electron chi connectivity index (χ0n) is 19.0. The summed E-state index contributed by atoms with van der Waals surface area (Å²) in [4.78, 5) is 44.2. The highest BCUT2D eigenvalue weighted by molar-refractivity contribution is 7.13. The summed E-state index contributed by atoms with van der Waals surface area (Å²) in [6.07, 6.45) is 0. The summed E-state index contributed by atoms with van der Waals surface area (Å²) in [5, 5.41) is 11.5. The topological polar surface area (TPSA) is 124 Å². The fourth-order valence-electron chi connectivity index (χ4n) is 3.96. The summed E-state index contributed by atoms with van der Waals surface area (Å²) in [7, 11) is 1.33. The number of nitrogens with one attached hydrogen (secondary N) is 1. The number of rotatable bonds is 6. The highest BCUT2D eigenvalue weighted by Crippen LogP contribution is 2.33. The van der Waals surface area contributed by atoms with Crippen LogP contribution in [-0.4, -0.2) is 32.7 Å². The lowest BCUT2D eigenvalue weighted by atomic mass is 10.1. The van der Waals surface area contributed by atoms with Crippen LogP contribution in [0.4, 0.5) is 4.39 Å². The van der Waals surface area contributed by atoms with Crippen molar-refractivity contribution in [1.82, 2.24) is 14.5 Å². The summed E-state index contributed by atoms with van der Waals surface area (Å²) in [5.74, 6) is -2.13. The van der Waals surface area contributed by atoms with E-state index in [1.54, 1.807) is 0 Å². The molecule has 2 N–H and O–H groups in total. The SMILES string of the molecule is COc1cc(F)c(-n2c(=O)[nH]c3csc(C(=O)O)c3c2=O)cc1OCc1cccc2ccc(C)nc12. The molecule has 9 nitrogen and oxygen atoms in total. The number of carbonyl (C=O) groups is 1. The van der Waals surface area contributed by atoms with Crippen molar-refractivity contribution < 1.29 is 23.8 Å². The fourth-order valence-corrected chi connectivity index (χ4v) is 4.79. The van der Waals surface area contributed by atoms with Crippen LogP contribution in [0.5, 0.6) is 11.5 Å². The maximum atomic E-state index is 15.1. The van der Waals surface area contributed by atoms with Gasteiger partial charge in [0, 0.05) is 34.2 Å². The largest absolute Gasteiger partial charge is 0.493 e. The number of halogens is 1. The second kappa shape index (κ2) is 8.93. The maximum Gasteiger partial charge on any atom is 0.346 e. The molecule has 0 unspecified atom stereocenters. The van der Waals surface area contributed by atoms with E-state index < -0.39 is 28.7 Å². The van der Waals surface area contributed by atoms with Crippen molar-refractivity contribution in [1.29, 1.82) is 0 Å². The number of aryl methyl sites for hydroxylation is 1. The van der Waals surface area contributed by atoms with Crippen molar-refractivity contribution in [2.24, 2.45) is 0 Å². The quantitative estimate of drug-likeness (QED) is 0.356. The third-order valence-electron chi connectivity index (χ3n) is 5.65. The summed E-state index contributed by atoms with van der Waals surface area (Å²) < 4.78 is 26.8. The number of ether oxygens (including phenoxy) is 2. The maximum absolute atomic E-state index is 15.1. The first-order valence-corrected chi connectivity index (χ1v) is 11.5. The molecule has 36 heavy (non-hydrogen) atoms. The van der Waals surface area contributed by atoms with Crippen LogP contribution < -0.4 is 20.7 Å². The number of nitrogens with zero attached hydrogens (tertiary/aromatic N) is 2. The Morgan fingerprint density at radius 1 is 1.19 bits per heavy atom. The second-order valence-electron chi connectivity index (χ2n) is 7.91. The predicted octanol–water partition coefficient (Wildman–Crippen LogP) is 4.02. The van der Waals surface area contributed by atoms with E-state index >= 15 is 4.39 Å². The molecule has 0 saturated carbocycles. The molecule has 0 fully saturated rings. The zero-order chi connectivity index (χ0) is 25.6. The highest BCUT2D eigenvalue weighted by Gasteiger charge is 2.22. The Balaban J connectivity index is 1.62. The molecule has 182 valence electrons. The number of aromatic nitrogens is 3. The molecule has 0 atom stereocenters. The molecule has 0 aliphatic rings. The number of pyridine rings is 1. The summed E-state index contributed by atoms with van der Waals surface area (Å²) in [5.41, 5.74) is 0.114. The molecule has 0 amide bonds. The van der Waals surface area contributed by atoms with Crippen LogP contribution in [0.1, 0.15) is 20.9 Å². The van der Waals surface area contributed by atoms with E-state index in [2.05, 4.69) is 9.97 Å². The van der Waals surface area contributed by atoms with Gasteiger partial charge >= 0.3 is 11.7 Å². The van der Waals surface area contributed by atoms with Crippen LogP contribution in [0.25, 0.3) is 27.5 Å². The van der Waals surface area contributed by atoms with E-state index in [0.717, 1.165) is 39.6 Å². The van der Waals surface area contributed by atoms with E-state index in [1.165, 1.54) is 18.6 Å². The van der Waals surface area contributed by atoms with Gasteiger partial charge in [0.1, 0.15) is 11.5 Å². The molecule has 0 spiro atoms. The lowest BCUT2D eigenvalue weighted by Crippen LogP contribution is -2.34. The molecule has 0 saturated heterocycles. The average molecular weight is 507 g/mol. The standard InChI is InChI=1S/C25H18FN3O6S/c1-12-6-7-13-4-3-5-14(21(13)27-12)10-35-19-9-17(15(26)8-18(19)34-2)29-23(30)20-16(28-25(29)33)11-36-22(20)24(31)32/h3-9,11H,10H2,1-2H3,(H,28,33)(H,31,32). The molecule has 2 aromatic carbocycles. The first-order valence-electron chi connectivity index (χ1n) is 10.6. The summed E-state index contributed by atoms with van der Waals surface area (Å²) >= 11 is 0.791. The van der Waals surface area contributed by atoms with Gasteiger partial charge in [0.05, 0.1) is 29.2 Å². The molecule has 5 rings (SSSR count). The number of thiophene rings is 1. The Hall–Kier alpha value is -4.51. The van der Waals surface area contributed by atoms with Crippen molar-refractivity contribution in [3.8, 4) is 17.2 Å². The molecular formula is C25H18FN3O6S. The first-order chi connectivity index (χ1) is 17.3. The van der Waals surface area contributed by atoms with Gasteiger partial charge in [0.15, 0.2) is 17.3 Å². The minimum Gasteiger partial charge on any atom is -0.493 e.